The smallest absolute Gasteiger partial charge is 0.128 e. The minimum absolute atomic E-state index is 0.918. The molecule has 1 N–H and O–H groups in total. The molecule has 0 aliphatic carbocycles. The monoisotopic (exact) mass is 327 g/mol. The maximum atomic E-state index is 4.70. The van der Waals surface area contributed by atoms with Crippen LogP contribution in [0.15, 0.2) is 36.1 Å². The molecule has 5 heteroatoms. The van der Waals surface area contributed by atoms with E-state index in [1.54, 1.807) is 12.3 Å². The fourth-order valence-electron chi connectivity index (χ4n) is 2.57. The molecule has 0 bridgehead atoms. The van der Waals surface area contributed by atoms with Crippen molar-refractivity contribution in [1.29, 1.82) is 0 Å². The fraction of sp³-hybridized carbons (Fsp3) is 0.474. The number of allylic oxidation sites excluding steroid dienone is 1. The van der Waals surface area contributed by atoms with Gasteiger partial charge in [-0.2, -0.15) is 5.10 Å². The number of likely N-dealkylation sites (N-methyl/N-ethyl adjacent to an activating group) is 1. The molecule has 2 heterocycles. The van der Waals surface area contributed by atoms with E-state index in [4.69, 9.17) is 4.99 Å². The molecule has 130 valence electrons. The summed E-state index contributed by atoms with van der Waals surface area (Å²) in [5.74, 6) is 1.04. The number of H-pyrrole nitrogens is 1. The third-order valence-corrected chi connectivity index (χ3v) is 4.18. The molecule has 24 heavy (non-hydrogen) atoms. The second-order valence-corrected chi connectivity index (χ2v) is 6.08. The summed E-state index contributed by atoms with van der Waals surface area (Å²) in [4.78, 5) is 9.41. The Morgan fingerprint density at radius 1 is 1.38 bits per heavy atom. The maximum Gasteiger partial charge on any atom is 0.128 e. The molecule has 2 rings (SSSR count). The van der Waals surface area contributed by atoms with Crippen LogP contribution in [-0.2, 0) is 0 Å². The molecular weight excluding hydrogens is 298 g/mol. The van der Waals surface area contributed by atoms with Crippen LogP contribution in [0.2, 0.25) is 0 Å². The molecule has 1 aliphatic heterocycles. The summed E-state index contributed by atoms with van der Waals surface area (Å²) in [6.07, 6.45) is 15.3. The van der Waals surface area contributed by atoms with Crippen molar-refractivity contribution in [2.75, 3.05) is 33.2 Å². The summed E-state index contributed by atoms with van der Waals surface area (Å²) in [5.41, 5.74) is 1.92. The summed E-state index contributed by atoms with van der Waals surface area (Å²) in [6.45, 7) is 10.2. The van der Waals surface area contributed by atoms with Gasteiger partial charge in [-0.3, -0.25) is 5.10 Å². The number of aliphatic imine (C=N–C) groups is 1. The Labute approximate surface area is 145 Å². The summed E-state index contributed by atoms with van der Waals surface area (Å²) in [6, 6.07) is 0. The van der Waals surface area contributed by atoms with Gasteiger partial charge in [-0.1, -0.05) is 32.4 Å². The van der Waals surface area contributed by atoms with Crippen molar-refractivity contribution in [2.24, 2.45) is 4.99 Å². The van der Waals surface area contributed by atoms with Gasteiger partial charge in [0.1, 0.15) is 5.84 Å². The summed E-state index contributed by atoms with van der Waals surface area (Å²) in [7, 11) is 2.17. The van der Waals surface area contributed by atoms with Crippen LogP contribution in [0.25, 0.3) is 12.2 Å². The average molecular weight is 327 g/mol. The Hall–Kier alpha value is -2.14. The zero-order valence-corrected chi connectivity index (χ0v) is 14.9. The van der Waals surface area contributed by atoms with Crippen molar-refractivity contribution in [1.82, 2.24) is 20.0 Å². The van der Waals surface area contributed by atoms with E-state index in [9.17, 15) is 0 Å². The average Bonchev–Trinajstić information content (AvgIpc) is 3.05. The molecule has 1 aliphatic rings. The van der Waals surface area contributed by atoms with Crippen molar-refractivity contribution in [3.63, 3.8) is 0 Å². The van der Waals surface area contributed by atoms with Gasteiger partial charge in [0, 0.05) is 37.9 Å². The van der Waals surface area contributed by atoms with Crippen LogP contribution in [-0.4, -0.2) is 59.1 Å². The van der Waals surface area contributed by atoms with Gasteiger partial charge < -0.3 is 9.80 Å². The third kappa shape index (κ3) is 5.49. The predicted molar refractivity (Wildman–Crippen MR) is 103 cm³/mol. The van der Waals surface area contributed by atoms with E-state index in [0.29, 0.717) is 0 Å². The van der Waals surface area contributed by atoms with Crippen LogP contribution in [0, 0.1) is 0 Å². The normalized spacial score (nSPS) is 17.2. The lowest BCUT2D eigenvalue weighted by Gasteiger charge is -2.33. The van der Waals surface area contributed by atoms with Crippen molar-refractivity contribution in [3.05, 3.63) is 42.4 Å². The standard InChI is InChI=1S/C19H29N5/c1-4-6-7-8-9-19(24-14-12-23(3)13-15-24)20-11-10-17-16-21-22-18(17)5-2/h5,8-11,16H,2,4,6-7,12-15H2,1,3H3,(H,21,22)/b9-8+,11-10+,20-19+. The summed E-state index contributed by atoms with van der Waals surface area (Å²) < 4.78 is 0. The van der Waals surface area contributed by atoms with E-state index in [-0.39, 0.29) is 0 Å². The number of hydrogen-bond donors (Lipinski definition) is 1. The highest BCUT2D eigenvalue weighted by Gasteiger charge is 2.15. The SMILES string of the molecule is C=Cc1[nH]ncc1/C=C/N=C(\C=C\CCCC)N1CCN(C)CC1. The lowest BCUT2D eigenvalue weighted by atomic mass is 10.2. The molecule has 1 fully saturated rings. The first-order valence-corrected chi connectivity index (χ1v) is 8.74. The summed E-state index contributed by atoms with van der Waals surface area (Å²) >= 11 is 0. The van der Waals surface area contributed by atoms with Crippen molar-refractivity contribution >= 4 is 18.0 Å². The number of amidine groups is 1. The largest absolute Gasteiger partial charge is 0.354 e. The first kappa shape index (κ1) is 18.2. The van der Waals surface area contributed by atoms with Crippen LogP contribution in [0.4, 0.5) is 0 Å². The molecule has 0 unspecified atom stereocenters. The Morgan fingerprint density at radius 3 is 2.88 bits per heavy atom. The lowest BCUT2D eigenvalue weighted by molar-refractivity contribution is 0.216. The van der Waals surface area contributed by atoms with Crippen LogP contribution >= 0.6 is 0 Å². The lowest BCUT2D eigenvalue weighted by Crippen LogP contribution is -2.46. The molecule has 0 amide bonds. The number of hydrogen-bond acceptors (Lipinski definition) is 3. The van der Waals surface area contributed by atoms with Gasteiger partial charge >= 0.3 is 0 Å². The molecule has 0 spiro atoms. The van der Waals surface area contributed by atoms with Crippen molar-refractivity contribution in [3.8, 4) is 0 Å². The van der Waals surface area contributed by atoms with Crippen molar-refractivity contribution in [2.45, 2.75) is 26.2 Å². The Balaban J connectivity index is 2.08. The van der Waals surface area contributed by atoms with E-state index in [2.05, 4.69) is 52.7 Å². The number of unbranched alkanes of at least 4 members (excludes halogenated alkanes) is 2. The number of rotatable bonds is 7. The van der Waals surface area contributed by atoms with E-state index in [0.717, 1.165) is 49.7 Å². The Kier molecular flexibility index (Phi) is 7.49. The van der Waals surface area contributed by atoms with Gasteiger partial charge in [-0.15, -0.1) is 0 Å². The third-order valence-electron chi connectivity index (χ3n) is 4.18. The van der Waals surface area contributed by atoms with Crippen LogP contribution in [0.1, 0.15) is 37.4 Å². The second kappa shape index (κ2) is 9.88. The van der Waals surface area contributed by atoms with E-state index < -0.39 is 0 Å². The molecule has 1 aromatic heterocycles. The molecule has 5 nitrogen and oxygen atoms in total. The first-order chi connectivity index (χ1) is 11.7. The quantitative estimate of drug-likeness (QED) is 0.474. The molecular formula is C19H29N5. The zero-order chi connectivity index (χ0) is 17.2. The second-order valence-electron chi connectivity index (χ2n) is 6.08. The van der Waals surface area contributed by atoms with Crippen LogP contribution < -0.4 is 0 Å². The number of nitrogens with zero attached hydrogens (tertiary/aromatic N) is 4. The molecule has 1 aromatic rings. The predicted octanol–water partition coefficient (Wildman–Crippen LogP) is 3.42. The van der Waals surface area contributed by atoms with Gasteiger partial charge in [0.2, 0.25) is 0 Å². The zero-order valence-electron chi connectivity index (χ0n) is 14.9. The number of aromatic amines is 1. The van der Waals surface area contributed by atoms with Gasteiger partial charge in [0.25, 0.3) is 0 Å². The number of nitrogens with one attached hydrogen (secondary N) is 1. The molecule has 0 saturated carbocycles. The van der Waals surface area contributed by atoms with E-state index >= 15 is 0 Å². The van der Waals surface area contributed by atoms with Crippen LogP contribution in [0.5, 0.6) is 0 Å². The Bertz CT molecular complexity index is 589. The van der Waals surface area contributed by atoms with Gasteiger partial charge in [-0.05, 0) is 31.7 Å². The van der Waals surface area contributed by atoms with Crippen LogP contribution in [0.3, 0.4) is 0 Å². The molecule has 0 aromatic carbocycles. The van der Waals surface area contributed by atoms with E-state index in [1.165, 1.54) is 12.8 Å². The minimum Gasteiger partial charge on any atom is -0.354 e. The van der Waals surface area contributed by atoms with E-state index in [1.807, 2.05) is 12.3 Å². The molecule has 0 radical (unpaired) electrons. The van der Waals surface area contributed by atoms with Gasteiger partial charge in [0.05, 0.1) is 11.9 Å². The fourth-order valence-corrected chi connectivity index (χ4v) is 2.57. The number of piperazine rings is 1. The highest BCUT2D eigenvalue weighted by molar-refractivity contribution is 5.93. The molecule has 0 atom stereocenters. The topological polar surface area (TPSA) is 47.5 Å². The van der Waals surface area contributed by atoms with Crippen molar-refractivity contribution < 1.29 is 0 Å². The highest BCUT2D eigenvalue weighted by Crippen LogP contribution is 2.09. The maximum absolute atomic E-state index is 4.70. The Morgan fingerprint density at radius 2 is 2.17 bits per heavy atom. The number of aromatic nitrogens is 2. The minimum atomic E-state index is 0.918. The summed E-state index contributed by atoms with van der Waals surface area (Å²) in [5, 5.41) is 6.95. The first-order valence-electron chi connectivity index (χ1n) is 8.74. The van der Waals surface area contributed by atoms with Gasteiger partial charge in [0.15, 0.2) is 0 Å². The van der Waals surface area contributed by atoms with Gasteiger partial charge in [-0.25, -0.2) is 4.99 Å². The molecule has 1 saturated heterocycles. The highest BCUT2D eigenvalue weighted by atomic mass is 15.3.